The summed E-state index contributed by atoms with van der Waals surface area (Å²) in [6.07, 6.45) is 2.98. The molecule has 0 aromatic carbocycles. The molecule has 16 heavy (non-hydrogen) atoms. The molecule has 0 saturated heterocycles. The summed E-state index contributed by atoms with van der Waals surface area (Å²) in [7, 11) is -1.09. The van der Waals surface area contributed by atoms with Gasteiger partial charge in [0.2, 0.25) is 10.0 Å². The molecule has 6 heteroatoms. The maximum Gasteiger partial charge on any atom is 0.211 e. The Morgan fingerprint density at radius 2 is 2.12 bits per heavy atom. The van der Waals surface area contributed by atoms with Crippen molar-refractivity contribution in [3.05, 3.63) is 0 Å². The average molecular weight is 269 g/mol. The molecule has 0 heterocycles. The van der Waals surface area contributed by atoms with Crippen molar-refractivity contribution >= 4 is 21.6 Å². The smallest absolute Gasteiger partial charge is 0.211 e. The van der Waals surface area contributed by atoms with E-state index in [1.54, 1.807) is 0 Å². The highest BCUT2D eigenvalue weighted by molar-refractivity contribution is 7.89. The molecule has 1 aliphatic carbocycles. The van der Waals surface area contributed by atoms with Gasteiger partial charge in [-0.3, -0.25) is 4.90 Å². The zero-order chi connectivity index (χ0) is 12.2. The van der Waals surface area contributed by atoms with Crippen LogP contribution in [0.1, 0.15) is 26.2 Å². The number of hydrogen-bond donors (Lipinski definition) is 1. The maximum absolute atomic E-state index is 11.5. The largest absolute Gasteiger partial charge is 0.299 e. The van der Waals surface area contributed by atoms with Crippen LogP contribution in [0.4, 0.5) is 0 Å². The van der Waals surface area contributed by atoms with Crippen LogP contribution in [-0.2, 0) is 10.0 Å². The second kappa shape index (κ2) is 6.19. The highest BCUT2D eigenvalue weighted by Crippen LogP contribution is 2.26. The summed E-state index contributed by atoms with van der Waals surface area (Å²) in [4.78, 5) is 2.24. The maximum atomic E-state index is 11.5. The van der Waals surface area contributed by atoms with E-state index in [0.29, 0.717) is 24.9 Å². The lowest BCUT2D eigenvalue weighted by atomic mass is 10.3. The highest BCUT2D eigenvalue weighted by atomic mass is 35.5. The minimum Gasteiger partial charge on any atom is -0.299 e. The molecule has 0 bridgehead atoms. The first-order valence-corrected chi connectivity index (χ1v) is 7.90. The molecule has 0 aromatic heterocycles. The first-order valence-electron chi connectivity index (χ1n) is 5.71. The summed E-state index contributed by atoms with van der Waals surface area (Å²) >= 11 is 5.47. The van der Waals surface area contributed by atoms with Gasteiger partial charge in [-0.2, -0.15) is 0 Å². The molecular formula is C10H21ClN2O2S. The molecule has 1 N–H and O–H groups in total. The highest BCUT2D eigenvalue weighted by Gasteiger charge is 2.29. The fourth-order valence-corrected chi connectivity index (χ4v) is 3.01. The van der Waals surface area contributed by atoms with E-state index in [2.05, 4.69) is 16.7 Å². The Balaban J connectivity index is 2.26. The summed E-state index contributed by atoms with van der Waals surface area (Å²) in [5, 5.41) is 0. The van der Waals surface area contributed by atoms with E-state index < -0.39 is 10.0 Å². The van der Waals surface area contributed by atoms with Crippen LogP contribution in [0.15, 0.2) is 0 Å². The van der Waals surface area contributed by atoms with Crippen molar-refractivity contribution in [3.8, 4) is 0 Å². The van der Waals surface area contributed by atoms with Crippen LogP contribution in [0.2, 0.25) is 0 Å². The van der Waals surface area contributed by atoms with Crippen molar-refractivity contribution in [1.29, 1.82) is 0 Å². The van der Waals surface area contributed by atoms with Crippen molar-refractivity contribution < 1.29 is 8.42 Å². The van der Waals surface area contributed by atoms with E-state index >= 15 is 0 Å². The summed E-state index contributed by atoms with van der Waals surface area (Å²) in [5.41, 5.74) is 0. The molecule has 1 rings (SSSR count). The van der Waals surface area contributed by atoms with Crippen LogP contribution in [0.25, 0.3) is 0 Å². The molecule has 96 valence electrons. The van der Waals surface area contributed by atoms with Gasteiger partial charge in [-0.05, 0) is 33.2 Å². The number of rotatable bonds is 8. The van der Waals surface area contributed by atoms with Crippen LogP contribution in [-0.4, -0.2) is 50.6 Å². The van der Waals surface area contributed by atoms with Gasteiger partial charge in [0.1, 0.15) is 0 Å². The molecule has 1 saturated carbocycles. The number of alkyl halides is 1. The number of halogens is 1. The van der Waals surface area contributed by atoms with Crippen molar-refractivity contribution in [3.63, 3.8) is 0 Å². The average Bonchev–Trinajstić information content (AvgIpc) is 3.06. The fraction of sp³-hybridized carbons (Fsp3) is 1.00. The quantitative estimate of drug-likeness (QED) is 0.669. The van der Waals surface area contributed by atoms with Gasteiger partial charge in [0.15, 0.2) is 0 Å². The lowest BCUT2D eigenvalue weighted by molar-refractivity contribution is 0.248. The second-order valence-electron chi connectivity index (χ2n) is 4.46. The predicted molar refractivity (Wildman–Crippen MR) is 67.4 cm³/mol. The molecule has 0 amide bonds. The molecule has 0 aliphatic heterocycles. The van der Waals surface area contributed by atoms with Gasteiger partial charge in [0.25, 0.3) is 0 Å². The Morgan fingerprint density at radius 1 is 1.50 bits per heavy atom. The van der Waals surface area contributed by atoms with E-state index in [0.717, 1.165) is 0 Å². The number of likely N-dealkylation sites (N-methyl/N-ethyl adjacent to an activating group) is 1. The topological polar surface area (TPSA) is 49.4 Å². The SMILES string of the molecule is CC(CNS(=O)(=O)CCCCl)N(C)C1CC1. The zero-order valence-corrected chi connectivity index (χ0v) is 11.5. The van der Waals surface area contributed by atoms with E-state index in [1.165, 1.54) is 12.8 Å². The second-order valence-corrected chi connectivity index (χ2v) is 6.76. The monoisotopic (exact) mass is 268 g/mol. The molecule has 1 atom stereocenters. The summed E-state index contributed by atoms with van der Waals surface area (Å²) in [6.45, 7) is 2.53. The summed E-state index contributed by atoms with van der Waals surface area (Å²) in [6, 6.07) is 0.903. The molecule has 4 nitrogen and oxygen atoms in total. The van der Waals surface area contributed by atoms with Crippen LogP contribution in [0.5, 0.6) is 0 Å². The Kier molecular flexibility index (Phi) is 5.50. The van der Waals surface area contributed by atoms with Crippen molar-refractivity contribution in [2.24, 2.45) is 0 Å². The standard InChI is InChI=1S/C10H21ClN2O2S/c1-9(13(2)10-4-5-10)8-12-16(14,15)7-3-6-11/h9-10,12H,3-8H2,1-2H3. The third kappa shape index (κ3) is 4.99. The Hall–Kier alpha value is 0.160. The van der Waals surface area contributed by atoms with Crippen LogP contribution in [0, 0.1) is 0 Å². The minimum atomic E-state index is -3.14. The number of nitrogens with one attached hydrogen (secondary N) is 1. The molecular weight excluding hydrogens is 248 g/mol. The van der Waals surface area contributed by atoms with Gasteiger partial charge >= 0.3 is 0 Å². The van der Waals surface area contributed by atoms with Crippen molar-refractivity contribution in [2.75, 3.05) is 25.2 Å². The number of sulfonamides is 1. The number of hydrogen-bond acceptors (Lipinski definition) is 3. The van der Waals surface area contributed by atoms with E-state index in [9.17, 15) is 8.42 Å². The van der Waals surface area contributed by atoms with Crippen molar-refractivity contribution in [1.82, 2.24) is 9.62 Å². The lowest BCUT2D eigenvalue weighted by Gasteiger charge is -2.24. The Morgan fingerprint density at radius 3 is 2.62 bits per heavy atom. The minimum absolute atomic E-state index is 0.121. The fourth-order valence-electron chi connectivity index (χ4n) is 1.55. The normalized spacial score (nSPS) is 19.0. The molecule has 1 fully saturated rings. The van der Waals surface area contributed by atoms with Crippen molar-refractivity contribution in [2.45, 2.75) is 38.3 Å². The van der Waals surface area contributed by atoms with Gasteiger partial charge in [-0.1, -0.05) is 0 Å². The first kappa shape index (κ1) is 14.2. The van der Waals surface area contributed by atoms with E-state index in [4.69, 9.17) is 11.6 Å². The Labute approximate surface area is 103 Å². The summed E-state index contributed by atoms with van der Waals surface area (Å²) < 4.78 is 25.7. The third-order valence-electron chi connectivity index (χ3n) is 2.96. The van der Waals surface area contributed by atoms with Gasteiger partial charge in [0.05, 0.1) is 5.75 Å². The molecule has 0 aromatic rings. The van der Waals surface area contributed by atoms with Crippen LogP contribution >= 0.6 is 11.6 Å². The predicted octanol–water partition coefficient (Wildman–Crippen LogP) is 1.02. The first-order chi connectivity index (χ1) is 7.46. The summed E-state index contributed by atoms with van der Waals surface area (Å²) in [5.74, 6) is 0.509. The van der Waals surface area contributed by atoms with Gasteiger partial charge in [-0.25, -0.2) is 13.1 Å². The van der Waals surface area contributed by atoms with Gasteiger partial charge in [0, 0.05) is 24.5 Å². The molecule has 1 unspecified atom stereocenters. The van der Waals surface area contributed by atoms with E-state index in [-0.39, 0.29) is 11.8 Å². The Bertz CT molecular complexity index is 304. The third-order valence-corrected chi connectivity index (χ3v) is 4.66. The van der Waals surface area contributed by atoms with Gasteiger partial charge < -0.3 is 0 Å². The van der Waals surface area contributed by atoms with Crippen LogP contribution < -0.4 is 4.72 Å². The van der Waals surface area contributed by atoms with Crippen LogP contribution in [0.3, 0.4) is 0 Å². The van der Waals surface area contributed by atoms with E-state index in [1.807, 2.05) is 6.92 Å². The molecule has 1 aliphatic rings. The molecule has 0 spiro atoms. The molecule has 0 radical (unpaired) electrons. The van der Waals surface area contributed by atoms with Gasteiger partial charge in [-0.15, -0.1) is 11.6 Å². The zero-order valence-electron chi connectivity index (χ0n) is 9.95. The number of nitrogens with zero attached hydrogens (tertiary/aromatic N) is 1. The lowest BCUT2D eigenvalue weighted by Crippen LogP contribution is -2.41.